The monoisotopic (exact) mass is 596 g/mol. The summed E-state index contributed by atoms with van der Waals surface area (Å²) in [4.78, 5) is 0. The maximum absolute atomic E-state index is 9.44. The summed E-state index contributed by atoms with van der Waals surface area (Å²) in [5.74, 6) is 0.701. The molecule has 2 nitrogen and oxygen atoms in total. The minimum Gasteiger partial charge on any atom is -0.489 e. The summed E-state index contributed by atoms with van der Waals surface area (Å²) in [6.07, 6.45) is -0.517. The lowest BCUT2D eigenvalue weighted by atomic mass is 9.78. The molecule has 0 amide bonds. The Labute approximate surface area is 182 Å². The van der Waals surface area contributed by atoms with Crippen molar-refractivity contribution in [2.24, 2.45) is 0 Å². The topological polar surface area (TPSA) is 29.5 Å². The van der Waals surface area contributed by atoms with E-state index in [9.17, 15) is 5.11 Å². The second-order valence-corrected chi connectivity index (χ2v) is 10.0. The standard InChI is InChI=1S/C19H20Br4O2/c1-10(24)9-25-18-16(22)7-13(8-17(18)23)19(3,4)12-5-14(20)11(2)15(21)6-12/h5-8,10,24H,9H2,1-4H3. The molecule has 0 bridgehead atoms. The van der Waals surface area contributed by atoms with Gasteiger partial charge in [-0.2, -0.15) is 0 Å². The van der Waals surface area contributed by atoms with Crippen LogP contribution >= 0.6 is 63.7 Å². The summed E-state index contributed by atoms with van der Waals surface area (Å²) >= 11 is 14.5. The molecule has 2 rings (SSSR count). The molecule has 0 spiro atoms. The largest absolute Gasteiger partial charge is 0.489 e. The molecule has 0 saturated heterocycles. The highest BCUT2D eigenvalue weighted by molar-refractivity contribution is 9.11. The van der Waals surface area contributed by atoms with Gasteiger partial charge in [0, 0.05) is 14.4 Å². The van der Waals surface area contributed by atoms with E-state index in [1.807, 2.05) is 0 Å². The molecule has 2 aromatic carbocycles. The Balaban J connectivity index is 2.46. The second-order valence-electron chi connectivity index (χ2n) is 6.62. The van der Waals surface area contributed by atoms with Gasteiger partial charge < -0.3 is 9.84 Å². The third kappa shape index (κ3) is 4.89. The molecule has 0 aliphatic carbocycles. The molecule has 0 aliphatic heterocycles. The molecular weight excluding hydrogens is 580 g/mol. The van der Waals surface area contributed by atoms with E-state index in [4.69, 9.17) is 4.74 Å². The molecule has 0 aromatic heterocycles. The first-order chi connectivity index (χ1) is 11.5. The minimum absolute atomic E-state index is 0.202. The van der Waals surface area contributed by atoms with Crippen LogP contribution in [0.4, 0.5) is 0 Å². The molecule has 0 fully saturated rings. The molecule has 1 unspecified atom stereocenters. The second kappa shape index (κ2) is 8.42. The SMILES string of the molecule is Cc1c(Br)cc(C(C)(C)c2cc(Br)c(OCC(C)O)c(Br)c2)cc1Br. The number of hydrogen-bond acceptors (Lipinski definition) is 2. The van der Waals surface area contributed by atoms with Gasteiger partial charge in [0.15, 0.2) is 0 Å². The molecule has 2 aromatic rings. The van der Waals surface area contributed by atoms with E-state index in [-0.39, 0.29) is 12.0 Å². The first-order valence-electron chi connectivity index (χ1n) is 7.80. The van der Waals surface area contributed by atoms with Crippen molar-refractivity contribution in [2.45, 2.75) is 39.2 Å². The van der Waals surface area contributed by atoms with Gasteiger partial charge in [-0.05, 0) is 86.7 Å². The van der Waals surface area contributed by atoms with Crippen molar-refractivity contribution in [3.63, 3.8) is 0 Å². The van der Waals surface area contributed by atoms with Crippen LogP contribution in [0.1, 0.15) is 37.5 Å². The predicted molar refractivity (Wildman–Crippen MR) is 118 cm³/mol. The van der Waals surface area contributed by atoms with Gasteiger partial charge in [0.25, 0.3) is 0 Å². The third-order valence-electron chi connectivity index (χ3n) is 4.19. The van der Waals surface area contributed by atoms with Crippen molar-refractivity contribution in [2.75, 3.05) is 6.61 Å². The van der Waals surface area contributed by atoms with E-state index in [1.54, 1.807) is 6.92 Å². The molecule has 1 N–H and O–H groups in total. The summed E-state index contributed by atoms with van der Waals surface area (Å²) in [6.45, 7) is 8.42. The van der Waals surface area contributed by atoms with Gasteiger partial charge in [-0.3, -0.25) is 0 Å². The summed E-state index contributed by atoms with van der Waals surface area (Å²) < 4.78 is 9.58. The lowest BCUT2D eigenvalue weighted by Crippen LogP contribution is -2.20. The zero-order chi connectivity index (χ0) is 18.9. The van der Waals surface area contributed by atoms with Crippen LogP contribution in [0, 0.1) is 6.92 Å². The van der Waals surface area contributed by atoms with Crippen LogP contribution in [0.3, 0.4) is 0 Å². The highest BCUT2D eigenvalue weighted by Crippen LogP contribution is 2.42. The maximum atomic E-state index is 9.44. The summed E-state index contributed by atoms with van der Waals surface area (Å²) in [5.41, 5.74) is 3.34. The first kappa shape index (κ1) is 21.4. The van der Waals surface area contributed by atoms with Gasteiger partial charge in [-0.1, -0.05) is 45.7 Å². The normalized spacial score (nSPS) is 13.0. The van der Waals surface area contributed by atoms with E-state index in [2.05, 4.69) is 109 Å². The molecule has 136 valence electrons. The van der Waals surface area contributed by atoms with E-state index >= 15 is 0 Å². The summed E-state index contributed by atoms with van der Waals surface area (Å²) in [6, 6.07) is 8.48. The smallest absolute Gasteiger partial charge is 0.147 e. The first-order valence-corrected chi connectivity index (χ1v) is 11.0. The molecule has 6 heteroatoms. The van der Waals surface area contributed by atoms with E-state index in [0.29, 0.717) is 5.75 Å². The number of benzene rings is 2. The Morgan fingerprint density at radius 1 is 0.920 bits per heavy atom. The number of rotatable bonds is 5. The fourth-order valence-corrected chi connectivity index (χ4v) is 5.04. The average Bonchev–Trinajstić information content (AvgIpc) is 2.50. The Morgan fingerprint density at radius 3 is 1.72 bits per heavy atom. The van der Waals surface area contributed by atoms with Crippen LogP contribution in [-0.4, -0.2) is 17.8 Å². The van der Waals surface area contributed by atoms with Crippen LogP contribution in [0.2, 0.25) is 0 Å². The Bertz CT molecular complexity index is 739. The van der Waals surface area contributed by atoms with Crippen molar-refractivity contribution in [3.05, 3.63) is 58.8 Å². The lowest BCUT2D eigenvalue weighted by molar-refractivity contribution is 0.122. The predicted octanol–water partition coefficient (Wildman–Crippen LogP) is 7.13. The number of halogens is 4. The van der Waals surface area contributed by atoms with Crippen molar-refractivity contribution in [1.29, 1.82) is 0 Å². The summed E-state index contributed by atoms with van der Waals surface area (Å²) in [5, 5.41) is 9.44. The van der Waals surface area contributed by atoms with Crippen LogP contribution in [0.15, 0.2) is 42.2 Å². The maximum Gasteiger partial charge on any atom is 0.147 e. The van der Waals surface area contributed by atoms with Gasteiger partial charge in [-0.15, -0.1) is 0 Å². The highest BCUT2D eigenvalue weighted by Gasteiger charge is 2.26. The lowest BCUT2D eigenvalue weighted by Gasteiger charge is -2.28. The molecule has 0 radical (unpaired) electrons. The number of aliphatic hydroxyl groups is 1. The molecule has 0 heterocycles. The molecule has 25 heavy (non-hydrogen) atoms. The van der Waals surface area contributed by atoms with Gasteiger partial charge >= 0.3 is 0 Å². The van der Waals surface area contributed by atoms with E-state index in [0.717, 1.165) is 23.5 Å². The van der Waals surface area contributed by atoms with Crippen molar-refractivity contribution >= 4 is 63.7 Å². The number of aliphatic hydroxyl groups excluding tert-OH is 1. The Morgan fingerprint density at radius 2 is 1.32 bits per heavy atom. The van der Waals surface area contributed by atoms with Gasteiger partial charge in [0.05, 0.1) is 15.0 Å². The fourth-order valence-electron chi connectivity index (χ4n) is 2.44. The Kier molecular flexibility index (Phi) is 7.22. The van der Waals surface area contributed by atoms with Gasteiger partial charge in [0.2, 0.25) is 0 Å². The van der Waals surface area contributed by atoms with Gasteiger partial charge in [-0.25, -0.2) is 0 Å². The highest BCUT2D eigenvalue weighted by atomic mass is 79.9. The van der Waals surface area contributed by atoms with Crippen LogP contribution in [0.5, 0.6) is 5.75 Å². The van der Waals surface area contributed by atoms with Crippen molar-refractivity contribution in [3.8, 4) is 5.75 Å². The zero-order valence-electron chi connectivity index (χ0n) is 14.5. The summed E-state index contributed by atoms with van der Waals surface area (Å²) in [7, 11) is 0. The average molecular weight is 600 g/mol. The quantitative estimate of drug-likeness (QED) is 0.396. The van der Waals surface area contributed by atoms with Crippen LogP contribution in [-0.2, 0) is 5.41 Å². The molecule has 0 aliphatic rings. The van der Waals surface area contributed by atoms with Crippen molar-refractivity contribution < 1.29 is 9.84 Å². The van der Waals surface area contributed by atoms with Gasteiger partial charge in [0.1, 0.15) is 12.4 Å². The van der Waals surface area contributed by atoms with Crippen LogP contribution in [0.25, 0.3) is 0 Å². The fraction of sp³-hybridized carbons (Fsp3) is 0.368. The van der Waals surface area contributed by atoms with Crippen molar-refractivity contribution in [1.82, 2.24) is 0 Å². The number of hydrogen-bond donors (Lipinski definition) is 1. The minimum atomic E-state index is -0.517. The Hall–Kier alpha value is 0.120. The van der Waals surface area contributed by atoms with E-state index in [1.165, 1.54) is 11.1 Å². The molecule has 1 atom stereocenters. The zero-order valence-corrected chi connectivity index (χ0v) is 20.8. The molecule has 0 saturated carbocycles. The molecular formula is C19H20Br4O2. The van der Waals surface area contributed by atoms with Crippen LogP contribution < -0.4 is 4.74 Å². The number of ether oxygens (including phenoxy) is 1. The third-order valence-corrected chi connectivity index (χ3v) is 7.02. The van der Waals surface area contributed by atoms with E-state index < -0.39 is 6.10 Å².